The Bertz CT molecular complexity index is 939. The van der Waals surface area contributed by atoms with E-state index >= 15 is 0 Å². The average Bonchev–Trinajstić information content (AvgIpc) is 2.80. The molecule has 1 heterocycles. The number of methoxy groups -OCH3 is 1. The first kappa shape index (κ1) is 26.8. The minimum absolute atomic E-state index is 0.0644. The lowest BCUT2D eigenvalue weighted by Crippen LogP contribution is -2.52. The molecule has 0 unspecified atom stereocenters. The van der Waals surface area contributed by atoms with Crippen LogP contribution in [0.25, 0.3) is 0 Å². The first-order valence-electron chi connectivity index (χ1n) is 11.3. The van der Waals surface area contributed by atoms with Crippen molar-refractivity contribution in [3.8, 4) is 0 Å². The van der Waals surface area contributed by atoms with Gasteiger partial charge in [-0.05, 0) is 44.7 Å². The molecule has 1 aromatic carbocycles. The molecule has 9 nitrogen and oxygen atoms in total. The summed E-state index contributed by atoms with van der Waals surface area (Å²) in [6, 6.07) is 4.75. The molecule has 0 radical (unpaired) electrons. The molecule has 1 aromatic rings. The summed E-state index contributed by atoms with van der Waals surface area (Å²) in [5, 5.41) is 2.80. The first-order chi connectivity index (χ1) is 15.5. The summed E-state index contributed by atoms with van der Waals surface area (Å²) in [6.45, 7) is 7.85. The number of nitrogens with one attached hydrogen (secondary N) is 2. The Hall–Kier alpha value is -2.46. The molecule has 0 saturated carbocycles. The molecule has 2 amide bonds. The number of rotatable bonds is 9. The van der Waals surface area contributed by atoms with Gasteiger partial charge in [0.2, 0.25) is 21.8 Å². The SMILES string of the molecule is CC[C@@H](C)[C@H](NC(=O)C1CCN(C(=O)[C@H](C)NS(=O)(=O)c2ccc(C)cc2)CC1)C(=O)OC. The number of piperidine rings is 1. The number of likely N-dealkylation sites (tertiary alicyclic amines) is 1. The summed E-state index contributed by atoms with van der Waals surface area (Å²) in [4.78, 5) is 39.2. The van der Waals surface area contributed by atoms with Crippen LogP contribution in [-0.2, 0) is 29.1 Å². The van der Waals surface area contributed by atoms with Crippen LogP contribution >= 0.6 is 0 Å². The minimum atomic E-state index is -3.82. The molecule has 1 saturated heterocycles. The van der Waals surface area contributed by atoms with Gasteiger partial charge >= 0.3 is 5.97 Å². The zero-order chi connectivity index (χ0) is 24.8. The summed E-state index contributed by atoms with van der Waals surface area (Å²) >= 11 is 0. The van der Waals surface area contributed by atoms with Crippen molar-refractivity contribution in [1.82, 2.24) is 14.9 Å². The number of hydrogen-bond donors (Lipinski definition) is 2. The van der Waals surface area contributed by atoms with E-state index in [1.54, 1.807) is 17.0 Å². The van der Waals surface area contributed by atoms with Gasteiger partial charge in [-0.15, -0.1) is 0 Å². The number of carbonyl (C=O) groups is 3. The highest BCUT2D eigenvalue weighted by Crippen LogP contribution is 2.20. The fourth-order valence-corrected chi connectivity index (χ4v) is 4.97. The second kappa shape index (κ2) is 11.6. The molecule has 0 spiro atoms. The van der Waals surface area contributed by atoms with E-state index in [0.717, 1.165) is 5.56 Å². The largest absolute Gasteiger partial charge is 0.467 e. The molecule has 184 valence electrons. The second-order valence-corrected chi connectivity index (χ2v) is 10.4. The standard InChI is InChI=1S/C23H35N3O6S/c1-6-16(3)20(23(29)32-5)24-21(27)18-11-13-26(14-12-18)22(28)17(4)25-33(30,31)19-9-7-15(2)8-10-19/h7-10,16-18,20,25H,6,11-14H2,1-5H3,(H,24,27)/t16-,17+,20+/m1/s1. The van der Waals surface area contributed by atoms with Gasteiger partial charge in [-0.3, -0.25) is 9.59 Å². The number of aryl methyl sites for hydroxylation is 1. The van der Waals surface area contributed by atoms with E-state index in [-0.39, 0.29) is 28.5 Å². The highest BCUT2D eigenvalue weighted by atomic mass is 32.2. The van der Waals surface area contributed by atoms with Crippen molar-refractivity contribution in [2.75, 3.05) is 20.2 Å². The van der Waals surface area contributed by atoms with E-state index in [1.807, 2.05) is 20.8 Å². The minimum Gasteiger partial charge on any atom is -0.467 e. The molecule has 33 heavy (non-hydrogen) atoms. The number of esters is 1. The van der Waals surface area contributed by atoms with E-state index in [0.29, 0.717) is 32.4 Å². The Kier molecular flexibility index (Phi) is 9.42. The van der Waals surface area contributed by atoms with Gasteiger partial charge in [-0.25, -0.2) is 13.2 Å². The van der Waals surface area contributed by atoms with Crippen LogP contribution in [0.1, 0.15) is 45.6 Å². The summed E-state index contributed by atoms with van der Waals surface area (Å²) in [5.41, 5.74) is 0.937. The number of ether oxygens (including phenoxy) is 1. The highest BCUT2D eigenvalue weighted by Gasteiger charge is 2.34. The Balaban J connectivity index is 1.92. The maximum absolute atomic E-state index is 12.8. The predicted octanol–water partition coefficient (Wildman–Crippen LogP) is 1.60. The lowest BCUT2D eigenvalue weighted by atomic mass is 9.93. The molecule has 10 heteroatoms. The van der Waals surface area contributed by atoms with E-state index < -0.39 is 28.1 Å². The second-order valence-electron chi connectivity index (χ2n) is 8.65. The third-order valence-corrected chi connectivity index (χ3v) is 7.73. The Labute approximate surface area is 196 Å². The van der Waals surface area contributed by atoms with Gasteiger partial charge in [-0.2, -0.15) is 4.72 Å². The van der Waals surface area contributed by atoms with Crippen molar-refractivity contribution in [3.63, 3.8) is 0 Å². The van der Waals surface area contributed by atoms with Crippen molar-refractivity contribution < 1.29 is 27.5 Å². The van der Waals surface area contributed by atoms with Crippen LogP contribution in [0.2, 0.25) is 0 Å². The summed E-state index contributed by atoms with van der Waals surface area (Å²) in [5.74, 6) is -1.43. The quantitative estimate of drug-likeness (QED) is 0.517. The van der Waals surface area contributed by atoms with E-state index in [1.165, 1.54) is 26.2 Å². The van der Waals surface area contributed by atoms with Crippen LogP contribution in [0.4, 0.5) is 0 Å². The van der Waals surface area contributed by atoms with Gasteiger partial charge in [0.05, 0.1) is 18.0 Å². The first-order valence-corrected chi connectivity index (χ1v) is 12.7. The summed E-state index contributed by atoms with van der Waals surface area (Å²) in [6.07, 6.45) is 1.58. The van der Waals surface area contributed by atoms with Crippen molar-refractivity contribution in [3.05, 3.63) is 29.8 Å². The summed E-state index contributed by atoms with van der Waals surface area (Å²) in [7, 11) is -2.53. The third kappa shape index (κ3) is 7.01. The van der Waals surface area contributed by atoms with Crippen molar-refractivity contribution in [1.29, 1.82) is 0 Å². The maximum atomic E-state index is 12.8. The van der Waals surface area contributed by atoms with Crippen molar-refractivity contribution in [2.45, 2.75) is 63.9 Å². The molecule has 2 N–H and O–H groups in total. The lowest BCUT2D eigenvalue weighted by molar-refractivity contribution is -0.147. The lowest BCUT2D eigenvalue weighted by Gasteiger charge is -2.34. The van der Waals surface area contributed by atoms with E-state index in [9.17, 15) is 22.8 Å². The molecular weight excluding hydrogens is 446 g/mol. The monoisotopic (exact) mass is 481 g/mol. The Morgan fingerprint density at radius 2 is 1.70 bits per heavy atom. The number of sulfonamides is 1. The van der Waals surface area contributed by atoms with Gasteiger partial charge in [0.15, 0.2) is 0 Å². The van der Waals surface area contributed by atoms with Gasteiger partial charge in [-0.1, -0.05) is 38.0 Å². The molecule has 1 aliphatic rings. The fourth-order valence-electron chi connectivity index (χ4n) is 3.77. The topological polar surface area (TPSA) is 122 Å². The molecule has 1 fully saturated rings. The van der Waals surface area contributed by atoms with Crippen LogP contribution in [0.3, 0.4) is 0 Å². The molecule has 0 aliphatic carbocycles. The van der Waals surface area contributed by atoms with Crippen LogP contribution in [0.5, 0.6) is 0 Å². The fraction of sp³-hybridized carbons (Fsp3) is 0.609. The highest BCUT2D eigenvalue weighted by molar-refractivity contribution is 7.89. The number of hydrogen-bond acceptors (Lipinski definition) is 6. The molecule has 0 bridgehead atoms. The summed E-state index contributed by atoms with van der Waals surface area (Å²) < 4.78 is 32.4. The van der Waals surface area contributed by atoms with E-state index in [4.69, 9.17) is 4.74 Å². The molecular formula is C23H35N3O6S. The zero-order valence-electron chi connectivity index (χ0n) is 20.0. The smallest absolute Gasteiger partial charge is 0.328 e. The number of nitrogens with zero attached hydrogens (tertiary/aromatic N) is 1. The van der Waals surface area contributed by atoms with Crippen molar-refractivity contribution >= 4 is 27.8 Å². The van der Waals surface area contributed by atoms with Crippen LogP contribution in [0.15, 0.2) is 29.2 Å². The van der Waals surface area contributed by atoms with Crippen molar-refractivity contribution in [2.24, 2.45) is 11.8 Å². The zero-order valence-corrected chi connectivity index (χ0v) is 20.8. The Morgan fingerprint density at radius 3 is 2.21 bits per heavy atom. The Morgan fingerprint density at radius 1 is 1.12 bits per heavy atom. The molecule has 0 aromatic heterocycles. The number of carbonyl (C=O) groups excluding carboxylic acids is 3. The average molecular weight is 482 g/mol. The number of amides is 2. The van der Waals surface area contributed by atoms with Gasteiger partial charge < -0.3 is 15.0 Å². The number of benzene rings is 1. The normalized spacial score (nSPS) is 17.7. The molecule has 2 rings (SSSR count). The van der Waals surface area contributed by atoms with Crippen LogP contribution in [0, 0.1) is 18.8 Å². The predicted molar refractivity (Wildman–Crippen MR) is 124 cm³/mol. The molecule has 1 aliphatic heterocycles. The van der Waals surface area contributed by atoms with Crippen LogP contribution in [-0.4, -0.2) is 63.4 Å². The van der Waals surface area contributed by atoms with Gasteiger partial charge in [0, 0.05) is 19.0 Å². The van der Waals surface area contributed by atoms with Crippen LogP contribution < -0.4 is 10.0 Å². The third-order valence-electron chi connectivity index (χ3n) is 6.18. The van der Waals surface area contributed by atoms with E-state index in [2.05, 4.69) is 10.0 Å². The molecule has 3 atom stereocenters. The van der Waals surface area contributed by atoms with Gasteiger partial charge in [0.1, 0.15) is 6.04 Å². The maximum Gasteiger partial charge on any atom is 0.328 e. The van der Waals surface area contributed by atoms with Gasteiger partial charge in [0.25, 0.3) is 0 Å².